The van der Waals surface area contributed by atoms with Gasteiger partial charge in [0.15, 0.2) is 11.5 Å². The Kier molecular flexibility index (Phi) is 8.52. The Morgan fingerprint density at radius 1 is 0.865 bits per heavy atom. The van der Waals surface area contributed by atoms with Crippen molar-refractivity contribution < 1.29 is 23.8 Å². The lowest BCUT2D eigenvalue weighted by Crippen LogP contribution is -2.44. The normalized spacial score (nSPS) is 14.0. The van der Waals surface area contributed by atoms with Crippen LogP contribution in [0.3, 0.4) is 0 Å². The highest BCUT2D eigenvalue weighted by atomic mass is 16.5. The van der Waals surface area contributed by atoms with Gasteiger partial charge in [-0.1, -0.05) is 0 Å². The summed E-state index contributed by atoms with van der Waals surface area (Å²) in [5.74, 6) is 1.52. The molecule has 194 valence electrons. The molecule has 0 aliphatic carbocycles. The summed E-state index contributed by atoms with van der Waals surface area (Å²) >= 11 is 0. The van der Waals surface area contributed by atoms with Crippen LogP contribution in [0.4, 0.5) is 5.82 Å². The van der Waals surface area contributed by atoms with E-state index < -0.39 is 0 Å². The van der Waals surface area contributed by atoms with Crippen LogP contribution in [0.15, 0.2) is 54.9 Å². The number of hydrogen-bond donors (Lipinski definition) is 2. The topological polar surface area (TPSA) is 115 Å². The lowest BCUT2D eigenvalue weighted by Gasteiger charge is -2.32. The number of carbonyl (C=O) groups excluding carboxylic acids is 2. The maximum atomic E-state index is 13.0. The summed E-state index contributed by atoms with van der Waals surface area (Å²) in [4.78, 5) is 36.4. The van der Waals surface area contributed by atoms with Gasteiger partial charge in [-0.25, -0.2) is 9.97 Å². The number of amides is 2. The van der Waals surface area contributed by atoms with Crippen LogP contribution in [0.5, 0.6) is 17.2 Å². The van der Waals surface area contributed by atoms with Gasteiger partial charge >= 0.3 is 0 Å². The van der Waals surface area contributed by atoms with Crippen molar-refractivity contribution in [1.82, 2.24) is 20.2 Å². The van der Waals surface area contributed by atoms with Crippen molar-refractivity contribution in [2.45, 2.75) is 25.4 Å². The Hall–Kier alpha value is -4.18. The van der Waals surface area contributed by atoms with Crippen LogP contribution in [0.25, 0.3) is 0 Å². The van der Waals surface area contributed by atoms with E-state index in [1.54, 1.807) is 45.6 Å². The van der Waals surface area contributed by atoms with Gasteiger partial charge in [0.05, 0.1) is 21.3 Å². The Morgan fingerprint density at radius 3 is 2.11 bits per heavy atom. The molecule has 2 N–H and O–H groups in total. The predicted octanol–water partition coefficient (Wildman–Crippen LogP) is 3.15. The molecule has 1 fully saturated rings. The van der Waals surface area contributed by atoms with Gasteiger partial charge in [-0.2, -0.15) is 0 Å². The van der Waals surface area contributed by atoms with Crippen LogP contribution >= 0.6 is 0 Å². The Labute approximate surface area is 216 Å². The van der Waals surface area contributed by atoms with E-state index in [1.165, 1.54) is 12.4 Å². The molecule has 0 atom stereocenters. The lowest BCUT2D eigenvalue weighted by molar-refractivity contribution is 0.0904. The summed E-state index contributed by atoms with van der Waals surface area (Å²) < 4.78 is 15.9. The maximum Gasteiger partial charge on any atom is 0.273 e. The summed E-state index contributed by atoms with van der Waals surface area (Å²) in [7, 11) is 4.83. The minimum absolute atomic E-state index is 0.00394. The van der Waals surface area contributed by atoms with Gasteiger partial charge in [0, 0.05) is 49.7 Å². The number of hydrogen-bond acceptors (Lipinski definition) is 8. The molecule has 1 aliphatic heterocycles. The number of piperidine rings is 1. The number of benzene rings is 2. The van der Waals surface area contributed by atoms with Gasteiger partial charge in [-0.3, -0.25) is 14.5 Å². The average Bonchev–Trinajstić information content (AvgIpc) is 2.94. The second kappa shape index (κ2) is 12.2. The van der Waals surface area contributed by atoms with Crippen molar-refractivity contribution in [3.05, 3.63) is 71.7 Å². The van der Waals surface area contributed by atoms with Crippen molar-refractivity contribution in [3.63, 3.8) is 0 Å². The molecule has 3 aromatic rings. The maximum absolute atomic E-state index is 13.0. The van der Waals surface area contributed by atoms with E-state index in [2.05, 4.69) is 25.5 Å². The minimum Gasteiger partial charge on any atom is -0.497 e. The van der Waals surface area contributed by atoms with Crippen molar-refractivity contribution in [2.75, 3.05) is 39.7 Å². The first-order chi connectivity index (χ1) is 18.0. The lowest BCUT2D eigenvalue weighted by atomic mass is 10.0. The third-order valence-corrected chi connectivity index (χ3v) is 6.24. The van der Waals surface area contributed by atoms with Gasteiger partial charge in [0.1, 0.15) is 17.2 Å². The van der Waals surface area contributed by atoms with Gasteiger partial charge in [-0.05, 0) is 54.8 Å². The van der Waals surface area contributed by atoms with E-state index in [-0.39, 0.29) is 29.4 Å². The highest BCUT2D eigenvalue weighted by Crippen LogP contribution is 2.24. The Morgan fingerprint density at radius 2 is 1.49 bits per heavy atom. The number of aromatic nitrogens is 2. The third-order valence-electron chi connectivity index (χ3n) is 6.24. The fourth-order valence-electron chi connectivity index (χ4n) is 4.22. The molecule has 10 nitrogen and oxygen atoms in total. The number of anilines is 1. The Bertz CT molecular complexity index is 1200. The summed E-state index contributed by atoms with van der Waals surface area (Å²) in [6, 6.07) is 12.5. The van der Waals surface area contributed by atoms with E-state index in [1.807, 2.05) is 18.2 Å². The molecule has 2 heterocycles. The summed E-state index contributed by atoms with van der Waals surface area (Å²) in [5.41, 5.74) is 1.60. The zero-order valence-corrected chi connectivity index (χ0v) is 21.2. The molecule has 0 unspecified atom stereocenters. The highest BCUT2D eigenvalue weighted by Gasteiger charge is 2.24. The van der Waals surface area contributed by atoms with Crippen LogP contribution in [-0.4, -0.2) is 67.1 Å². The average molecular weight is 506 g/mol. The fraction of sp³-hybridized carbons (Fsp3) is 0.333. The van der Waals surface area contributed by atoms with Gasteiger partial charge in [-0.15, -0.1) is 0 Å². The van der Waals surface area contributed by atoms with E-state index >= 15 is 0 Å². The molecular formula is C27H31N5O5. The van der Waals surface area contributed by atoms with E-state index in [0.717, 1.165) is 49.5 Å². The van der Waals surface area contributed by atoms with Crippen molar-refractivity contribution >= 4 is 17.6 Å². The molecule has 0 spiro atoms. The molecule has 2 aromatic carbocycles. The van der Waals surface area contributed by atoms with E-state index in [9.17, 15) is 9.59 Å². The van der Waals surface area contributed by atoms with E-state index in [4.69, 9.17) is 14.2 Å². The summed E-state index contributed by atoms with van der Waals surface area (Å²) in [6.45, 7) is 2.41. The molecule has 4 rings (SSSR count). The van der Waals surface area contributed by atoms with Crippen LogP contribution in [0, 0.1) is 0 Å². The molecule has 1 saturated heterocycles. The zero-order valence-electron chi connectivity index (χ0n) is 21.2. The molecule has 2 amide bonds. The third kappa shape index (κ3) is 6.73. The van der Waals surface area contributed by atoms with Gasteiger partial charge in [0.2, 0.25) is 0 Å². The monoisotopic (exact) mass is 505 g/mol. The smallest absolute Gasteiger partial charge is 0.273 e. The number of rotatable bonds is 9. The van der Waals surface area contributed by atoms with Crippen molar-refractivity contribution in [1.29, 1.82) is 0 Å². The first-order valence-electron chi connectivity index (χ1n) is 12.0. The largest absolute Gasteiger partial charge is 0.497 e. The van der Waals surface area contributed by atoms with Crippen LogP contribution in [0.1, 0.15) is 39.3 Å². The number of carbonyl (C=O) groups is 2. The molecule has 1 aliphatic rings. The predicted molar refractivity (Wildman–Crippen MR) is 138 cm³/mol. The SMILES string of the molecule is COc1ccc(C(=O)Nc2nccnc2C(=O)NC2CCN(Cc3cc(OC)cc(OC)c3)CC2)cc1. The number of ether oxygens (including phenoxy) is 3. The summed E-state index contributed by atoms with van der Waals surface area (Å²) in [5, 5.41) is 5.74. The standard InChI is InChI=1S/C27H31N5O5/c1-35-21-6-4-19(5-7-21)26(33)31-25-24(28-10-11-29-25)27(34)30-20-8-12-32(13-9-20)17-18-14-22(36-2)16-23(15-18)37-3/h4-7,10-11,14-16,20H,8-9,12-13,17H2,1-3H3,(H,30,34)(H,29,31,33). The first kappa shape index (κ1) is 25.9. The molecule has 1 aromatic heterocycles. The molecule has 0 bridgehead atoms. The number of methoxy groups -OCH3 is 3. The van der Waals surface area contributed by atoms with Crippen LogP contribution < -0.4 is 24.8 Å². The zero-order chi connectivity index (χ0) is 26.2. The van der Waals surface area contributed by atoms with Crippen LogP contribution in [-0.2, 0) is 6.54 Å². The van der Waals surface area contributed by atoms with Crippen molar-refractivity contribution in [2.24, 2.45) is 0 Å². The van der Waals surface area contributed by atoms with Gasteiger partial charge in [0.25, 0.3) is 11.8 Å². The molecular weight excluding hydrogens is 474 g/mol. The molecule has 37 heavy (non-hydrogen) atoms. The summed E-state index contributed by atoms with van der Waals surface area (Å²) in [6.07, 6.45) is 4.46. The van der Waals surface area contributed by atoms with E-state index in [0.29, 0.717) is 11.3 Å². The number of likely N-dealkylation sites (tertiary alicyclic amines) is 1. The number of nitrogens with zero attached hydrogens (tertiary/aromatic N) is 3. The second-order valence-electron chi connectivity index (χ2n) is 8.68. The first-order valence-corrected chi connectivity index (χ1v) is 12.0. The molecule has 0 radical (unpaired) electrons. The fourth-order valence-corrected chi connectivity index (χ4v) is 4.22. The molecule has 0 saturated carbocycles. The minimum atomic E-state index is -0.389. The second-order valence-corrected chi connectivity index (χ2v) is 8.68. The van der Waals surface area contributed by atoms with Crippen molar-refractivity contribution in [3.8, 4) is 17.2 Å². The van der Waals surface area contributed by atoms with Crippen LogP contribution in [0.2, 0.25) is 0 Å². The quantitative estimate of drug-likeness (QED) is 0.456. The highest BCUT2D eigenvalue weighted by molar-refractivity contribution is 6.07. The Balaban J connectivity index is 1.33. The van der Waals surface area contributed by atoms with Gasteiger partial charge < -0.3 is 24.8 Å². The number of nitrogens with one attached hydrogen (secondary N) is 2. The molecule has 10 heteroatoms.